The van der Waals surface area contributed by atoms with Crippen LogP contribution < -0.4 is 0 Å². The molecule has 0 N–H and O–H groups in total. The van der Waals surface area contributed by atoms with Gasteiger partial charge in [-0.3, -0.25) is 4.79 Å². The van der Waals surface area contributed by atoms with Crippen LogP contribution in [0.25, 0.3) is 0 Å². The highest BCUT2D eigenvalue weighted by atomic mass is 35.5. The molecule has 1 amide bonds. The minimum atomic E-state index is -0.311. The van der Waals surface area contributed by atoms with Crippen LogP contribution in [0.3, 0.4) is 0 Å². The molecule has 1 aromatic heterocycles. The number of hydrogen-bond donors (Lipinski definition) is 0. The molecule has 0 fully saturated rings. The van der Waals surface area contributed by atoms with Gasteiger partial charge in [0.25, 0.3) is 5.91 Å². The Kier molecular flexibility index (Phi) is 6.37. The normalized spacial score (nSPS) is 15.6. The van der Waals surface area contributed by atoms with Crippen molar-refractivity contribution in [3.8, 4) is 0 Å². The fourth-order valence-electron chi connectivity index (χ4n) is 3.20. The first-order valence-electron chi connectivity index (χ1n) is 9.25. The standard InChI is InChI=1S/C22H17Cl2FN2O2S/c23-18-8-5-15(10-19(18)24)20-11-17(29-26-20)13-27(22(28)21-2-1-9-30-21)12-14-3-6-16(25)7-4-14/h1-10,17H,11-13H2. The first-order valence-corrected chi connectivity index (χ1v) is 10.9. The van der Waals surface area contributed by atoms with Crippen LogP contribution in [-0.4, -0.2) is 29.2 Å². The summed E-state index contributed by atoms with van der Waals surface area (Å²) < 4.78 is 13.3. The lowest BCUT2D eigenvalue weighted by molar-refractivity contribution is 0.0408. The van der Waals surface area contributed by atoms with E-state index >= 15 is 0 Å². The second-order valence-corrected chi connectivity index (χ2v) is 8.65. The van der Waals surface area contributed by atoms with Gasteiger partial charge < -0.3 is 9.74 Å². The lowest BCUT2D eigenvalue weighted by Crippen LogP contribution is -2.37. The Labute approximate surface area is 187 Å². The highest BCUT2D eigenvalue weighted by Crippen LogP contribution is 2.26. The quantitative estimate of drug-likeness (QED) is 0.448. The van der Waals surface area contributed by atoms with Crippen molar-refractivity contribution in [2.45, 2.75) is 19.1 Å². The zero-order chi connectivity index (χ0) is 21.1. The zero-order valence-electron chi connectivity index (χ0n) is 15.7. The first-order chi connectivity index (χ1) is 14.5. The molecule has 0 aliphatic carbocycles. The van der Waals surface area contributed by atoms with E-state index in [1.165, 1.54) is 23.5 Å². The number of oxime groups is 1. The van der Waals surface area contributed by atoms with Gasteiger partial charge in [0.15, 0.2) is 6.10 Å². The van der Waals surface area contributed by atoms with Gasteiger partial charge >= 0.3 is 0 Å². The largest absolute Gasteiger partial charge is 0.390 e. The summed E-state index contributed by atoms with van der Waals surface area (Å²) in [5, 5.41) is 6.97. The summed E-state index contributed by atoms with van der Waals surface area (Å²) in [6.07, 6.45) is 0.245. The molecule has 2 heterocycles. The number of carbonyl (C=O) groups excluding carboxylic acids is 1. The molecule has 0 radical (unpaired) electrons. The van der Waals surface area contributed by atoms with E-state index < -0.39 is 0 Å². The van der Waals surface area contributed by atoms with Crippen molar-refractivity contribution in [2.75, 3.05) is 6.54 Å². The molecule has 8 heteroatoms. The van der Waals surface area contributed by atoms with Crippen LogP contribution in [-0.2, 0) is 11.4 Å². The molecular weight excluding hydrogens is 446 g/mol. The zero-order valence-corrected chi connectivity index (χ0v) is 18.1. The second-order valence-electron chi connectivity index (χ2n) is 6.89. The van der Waals surface area contributed by atoms with Crippen molar-refractivity contribution in [1.29, 1.82) is 0 Å². The Bertz CT molecular complexity index is 1070. The number of carbonyl (C=O) groups is 1. The highest BCUT2D eigenvalue weighted by Gasteiger charge is 2.28. The maximum atomic E-state index is 13.3. The number of nitrogens with zero attached hydrogens (tertiary/aromatic N) is 2. The third-order valence-corrected chi connectivity index (χ3v) is 6.31. The lowest BCUT2D eigenvalue weighted by atomic mass is 10.0. The van der Waals surface area contributed by atoms with Crippen molar-refractivity contribution in [3.63, 3.8) is 0 Å². The number of benzene rings is 2. The minimum absolute atomic E-state index is 0.0964. The van der Waals surface area contributed by atoms with E-state index in [1.54, 1.807) is 35.2 Å². The fourth-order valence-corrected chi connectivity index (χ4v) is 4.19. The lowest BCUT2D eigenvalue weighted by Gasteiger charge is -2.24. The Morgan fingerprint density at radius 2 is 1.97 bits per heavy atom. The van der Waals surface area contributed by atoms with E-state index in [2.05, 4.69) is 5.16 Å². The summed E-state index contributed by atoms with van der Waals surface area (Å²) in [6.45, 7) is 0.696. The fraction of sp³-hybridized carbons (Fsp3) is 0.182. The van der Waals surface area contributed by atoms with Gasteiger partial charge in [-0.2, -0.15) is 0 Å². The first kappa shape index (κ1) is 20.8. The molecule has 4 nitrogen and oxygen atoms in total. The topological polar surface area (TPSA) is 41.9 Å². The maximum Gasteiger partial charge on any atom is 0.264 e. The molecule has 2 aromatic carbocycles. The summed E-state index contributed by atoms with van der Waals surface area (Å²) >= 11 is 13.5. The molecule has 0 spiro atoms. The molecule has 4 rings (SSSR count). The summed E-state index contributed by atoms with van der Waals surface area (Å²) in [7, 11) is 0. The van der Waals surface area contributed by atoms with Crippen LogP contribution in [0.2, 0.25) is 10.0 Å². The van der Waals surface area contributed by atoms with Gasteiger partial charge in [0, 0.05) is 18.5 Å². The van der Waals surface area contributed by atoms with Crippen molar-refractivity contribution in [2.24, 2.45) is 5.16 Å². The predicted octanol–water partition coefficient (Wildman–Crippen LogP) is 6.03. The van der Waals surface area contributed by atoms with E-state index in [0.29, 0.717) is 34.4 Å². The second kappa shape index (κ2) is 9.16. The smallest absolute Gasteiger partial charge is 0.264 e. The molecule has 154 valence electrons. The number of hydrogen-bond acceptors (Lipinski definition) is 4. The molecule has 30 heavy (non-hydrogen) atoms. The van der Waals surface area contributed by atoms with E-state index in [1.807, 2.05) is 17.5 Å². The van der Waals surface area contributed by atoms with Crippen LogP contribution in [0.5, 0.6) is 0 Å². The van der Waals surface area contributed by atoms with Gasteiger partial charge in [-0.15, -0.1) is 11.3 Å². The molecule has 1 atom stereocenters. The van der Waals surface area contributed by atoms with E-state index in [9.17, 15) is 9.18 Å². The molecule has 3 aromatic rings. The van der Waals surface area contributed by atoms with E-state index in [4.69, 9.17) is 28.0 Å². The SMILES string of the molecule is O=C(c1cccs1)N(Cc1ccc(F)cc1)CC1CC(c2ccc(Cl)c(Cl)c2)=NO1. The molecule has 1 aliphatic rings. The van der Waals surface area contributed by atoms with Crippen molar-refractivity contribution in [3.05, 3.63) is 91.8 Å². The predicted molar refractivity (Wildman–Crippen MR) is 118 cm³/mol. The Balaban J connectivity index is 1.48. The van der Waals surface area contributed by atoms with Crippen molar-refractivity contribution < 1.29 is 14.0 Å². The van der Waals surface area contributed by atoms with Crippen LogP contribution in [0.4, 0.5) is 4.39 Å². The Hall–Kier alpha value is -2.41. The summed E-state index contributed by atoms with van der Waals surface area (Å²) in [5.41, 5.74) is 2.43. The van der Waals surface area contributed by atoms with Gasteiger partial charge in [0.1, 0.15) is 5.82 Å². The summed E-state index contributed by atoms with van der Waals surface area (Å²) in [4.78, 5) is 21.0. The Morgan fingerprint density at radius 1 is 1.17 bits per heavy atom. The molecule has 0 bridgehead atoms. The minimum Gasteiger partial charge on any atom is -0.390 e. The van der Waals surface area contributed by atoms with Gasteiger partial charge in [-0.05, 0) is 41.3 Å². The molecule has 0 saturated carbocycles. The van der Waals surface area contributed by atoms with Gasteiger partial charge in [-0.25, -0.2) is 4.39 Å². The van der Waals surface area contributed by atoms with Crippen LogP contribution >= 0.6 is 34.5 Å². The number of amides is 1. The van der Waals surface area contributed by atoms with Crippen LogP contribution in [0.15, 0.2) is 65.1 Å². The summed E-state index contributed by atoms with van der Waals surface area (Å²) in [6, 6.07) is 15.1. The third kappa shape index (κ3) is 4.83. The molecule has 1 unspecified atom stereocenters. The van der Waals surface area contributed by atoms with Gasteiger partial charge in [0.2, 0.25) is 0 Å². The number of rotatable bonds is 6. The van der Waals surface area contributed by atoms with E-state index in [0.717, 1.165) is 16.8 Å². The highest BCUT2D eigenvalue weighted by molar-refractivity contribution is 7.12. The van der Waals surface area contributed by atoms with Crippen molar-refractivity contribution >= 4 is 46.2 Å². The van der Waals surface area contributed by atoms with E-state index in [-0.39, 0.29) is 17.8 Å². The molecular formula is C22H17Cl2FN2O2S. The van der Waals surface area contributed by atoms with Gasteiger partial charge in [0.05, 0.1) is 27.2 Å². The number of thiophene rings is 1. The van der Waals surface area contributed by atoms with Crippen molar-refractivity contribution in [1.82, 2.24) is 4.90 Å². The average molecular weight is 463 g/mol. The molecule has 1 aliphatic heterocycles. The summed E-state index contributed by atoms with van der Waals surface area (Å²) in [5.74, 6) is -0.408. The van der Waals surface area contributed by atoms with Crippen LogP contribution in [0.1, 0.15) is 27.2 Å². The molecule has 0 saturated heterocycles. The maximum absolute atomic E-state index is 13.3. The third-order valence-electron chi connectivity index (χ3n) is 4.72. The monoisotopic (exact) mass is 462 g/mol. The average Bonchev–Trinajstić information content (AvgIpc) is 3.43. The van der Waals surface area contributed by atoms with Gasteiger partial charge in [-0.1, -0.05) is 52.6 Å². The number of halogens is 3. The van der Waals surface area contributed by atoms with Crippen LogP contribution in [0, 0.1) is 5.82 Å². The Morgan fingerprint density at radius 3 is 2.67 bits per heavy atom.